The summed E-state index contributed by atoms with van der Waals surface area (Å²) in [5.41, 5.74) is 0.508. The summed E-state index contributed by atoms with van der Waals surface area (Å²) in [5, 5.41) is 0. The molecule has 5 nitrogen and oxygen atoms in total. The zero-order valence-electron chi connectivity index (χ0n) is 13.9. The summed E-state index contributed by atoms with van der Waals surface area (Å²) in [6, 6.07) is 5.19. The molecule has 0 radical (unpaired) electrons. The molecule has 0 amide bonds. The van der Waals surface area contributed by atoms with E-state index >= 15 is 0 Å². The van der Waals surface area contributed by atoms with Crippen molar-refractivity contribution in [3.05, 3.63) is 23.8 Å². The molecule has 2 aliphatic rings. The van der Waals surface area contributed by atoms with Crippen molar-refractivity contribution in [2.75, 3.05) is 32.8 Å². The van der Waals surface area contributed by atoms with Gasteiger partial charge in [-0.05, 0) is 57.0 Å². The molecule has 2 heterocycles. The Bertz CT molecular complexity index is 552. The predicted molar refractivity (Wildman–Crippen MR) is 87.1 cm³/mol. The van der Waals surface area contributed by atoms with Crippen LogP contribution in [0.3, 0.4) is 0 Å². The van der Waals surface area contributed by atoms with Gasteiger partial charge in [-0.2, -0.15) is 0 Å². The Kier molecular flexibility index (Phi) is 5.06. The van der Waals surface area contributed by atoms with Crippen LogP contribution in [0.4, 0.5) is 0 Å². The molecule has 1 saturated heterocycles. The van der Waals surface area contributed by atoms with Crippen molar-refractivity contribution in [3.63, 3.8) is 0 Å². The van der Waals surface area contributed by atoms with Gasteiger partial charge in [0, 0.05) is 6.54 Å². The molecule has 0 bridgehead atoms. The van der Waals surface area contributed by atoms with E-state index in [0.29, 0.717) is 30.3 Å². The lowest BCUT2D eigenvalue weighted by molar-refractivity contribution is 0.0221. The zero-order chi connectivity index (χ0) is 16.2. The van der Waals surface area contributed by atoms with Crippen LogP contribution in [0.5, 0.6) is 11.5 Å². The lowest BCUT2D eigenvalue weighted by Crippen LogP contribution is -2.38. The molecule has 0 aromatic heterocycles. The number of nitrogens with zero attached hydrogens (tertiary/aromatic N) is 1. The quantitative estimate of drug-likeness (QED) is 0.799. The monoisotopic (exact) mass is 319 g/mol. The van der Waals surface area contributed by atoms with E-state index in [4.69, 9.17) is 14.2 Å². The molecule has 126 valence electrons. The van der Waals surface area contributed by atoms with Crippen molar-refractivity contribution in [2.24, 2.45) is 5.92 Å². The first-order valence-electron chi connectivity index (χ1n) is 8.45. The fourth-order valence-electron chi connectivity index (χ4n) is 3.07. The highest BCUT2D eigenvalue weighted by atomic mass is 16.6. The summed E-state index contributed by atoms with van der Waals surface area (Å²) < 4.78 is 16.6. The van der Waals surface area contributed by atoms with Crippen LogP contribution >= 0.6 is 0 Å². The standard InChI is InChI=1S/C18H25NO4/c1-13-5-7-19(8-6-13)12-14(2)23-18(20)15-3-4-16-17(11-15)22-10-9-21-16/h3-4,11,13-14H,5-10,12H2,1-2H3/t14-/m1/s1. The Morgan fingerprint density at radius 1 is 1.26 bits per heavy atom. The summed E-state index contributed by atoms with van der Waals surface area (Å²) in [4.78, 5) is 14.7. The largest absolute Gasteiger partial charge is 0.486 e. The summed E-state index contributed by atoms with van der Waals surface area (Å²) in [5.74, 6) is 1.80. The van der Waals surface area contributed by atoms with Gasteiger partial charge in [0.15, 0.2) is 11.5 Å². The normalized spacial score (nSPS) is 20.1. The van der Waals surface area contributed by atoms with Gasteiger partial charge < -0.3 is 14.2 Å². The van der Waals surface area contributed by atoms with Crippen LogP contribution < -0.4 is 9.47 Å². The van der Waals surface area contributed by atoms with Crippen LogP contribution in [-0.2, 0) is 4.74 Å². The fraction of sp³-hybridized carbons (Fsp3) is 0.611. The van der Waals surface area contributed by atoms with Gasteiger partial charge in [-0.25, -0.2) is 4.79 Å². The van der Waals surface area contributed by atoms with Crippen LogP contribution in [0.15, 0.2) is 18.2 Å². The van der Waals surface area contributed by atoms with Crippen LogP contribution in [0.25, 0.3) is 0 Å². The fourth-order valence-corrected chi connectivity index (χ4v) is 3.07. The van der Waals surface area contributed by atoms with Crippen molar-refractivity contribution in [3.8, 4) is 11.5 Å². The number of rotatable bonds is 4. The Hall–Kier alpha value is -1.75. The molecule has 23 heavy (non-hydrogen) atoms. The molecule has 3 rings (SSSR count). The van der Waals surface area contributed by atoms with Crippen molar-refractivity contribution in [1.29, 1.82) is 0 Å². The lowest BCUT2D eigenvalue weighted by atomic mass is 9.99. The highest BCUT2D eigenvalue weighted by Crippen LogP contribution is 2.31. The van der Waals surface area contributed by atoms with Crippen LogP contribution in [-0.4, -0.2) is 49.8 Å². The molecule has 1 fully saturated rings. The molecule has 1 atom stereocenters. The smallest absolute Gasteiger partial charge is 0.338 e. The Labute approximate surface area is 137 Å². The number of carbonyl (C=O) groups excluding carboxylic acids is 1. The number of hydrogen-bond acceptors (Lipinski definition) is 5. The van der Waals surface area contributed by atoms with Gasteiger partial charge in [-0.3, -0.25) is 4.90 Å². The number of ether oxygens (including phenoxy) is 3. The molecular weight excluding hydrogens is 294 g/mol. The molecule has 1 aromatic rings. The summed E-state index contributed by atoms with van der Waals surface area (Å²) in [7, 11) is 0. The van der Waals surface area contributed by atoms with E-state index < -0.39 is 0 Å². The second-order valence-electron chi connectivity index (χ2n) is 6.56. The number of benzene rings is 1. The van der Waals surface area contributed by atoms with Crippen LogP contribution in [0, 0.1) is 5.92 Å². The minimum absolute atomic E-state index is 0.121. The van der Waals surface area contributed by atoms with E-state index in [2.05, 4.69) is 11.8 Å². The topological polar surface area (TPSA) is 48.0 Å². The number of piperidine rings is 1. The second kappa shape index (κ2) is 7.21. The molecule has 5 heteroatoms. The molecule has 2 aliphatic heterocycles. The SMILES string of the molecule is CC1CCN(C[C@@H](C)OC(=O)c2ccc3c(c2)OCCO3)CC1. The molecule has 0 N–H and O–H groups in total. The minimum atomic E-state index is -0.306. The Balaban J connectivity index is 1.54. The molecular formula is C18H25NO4. The van der Waals surface area contributed by atoms with E-state index in [1.165, 1.54) is 12.8 Å². The van der Waals surface area contributed by atoms with Gasteiger partial charge in [0.2, 0.25) is 0 Å². The number of esters is 1. The van der Waals surface area contributed by atoms with Gasteiger partial charge in [-0.1, -0.05) is 6.92 Å². The second-order valence-corrected chi connectivity index (χ2v) is 6.56. The minimum Gasteiger partial charge on any atom is -0.486 e. The van der Waals surface area contributed by atoms with Gasteiger partial charge >= 0.3 is 5.97 Å². The van der Waals surface area contributed by atoms with E-state index in [1.807, 2.05) is 6.92 Å². The third-order valence-corrected chi connectivity index (χ3v) is 4.48. The number of fused-ring (bicyclic) bond motifs is 1. The van der Waals surface area contributed by atoms with Crippen molar-refractivity contribution in [1.82, 2.24) is 4.90 Å². The molecule has 0 spiro atoms. The van der Waals surface area contributed by atoms with Crippen molar-refractivity contribution >= 4 is 5.97 Å². The average Bonchev–Trinajstić information content (AvgIpc) is 2.56. The average molecular weight is 319 g/mol. The van der Waals surface area contributed by atoms with Crippen LogP contribution in [0.1, 0.15) is 37.0 Å². The predicted octanol–water partition coefficient (Wildman–Crippen LogP) is 2.74. The summed E-state index contributed by atoms with van der Waals surface area (Å²) in [6.45, 7) is 8.28. The van der Waals surface area contributed by atoms with Gasteiger partial charge in [0.05, 0.1) is 5.56 Å². The first kappa shape index (κ1) is 16.1. The highest BCUT2D eigenvalue weighted by molar-refractivity contribution is 5.90. The number of carbonyl (C=O) groups is 1. The maximum atomic E-state index is 12.3. The number of hydrogen-bond donors (Lipinski definition) is 0. The number of likely N-dealkylation sites (tertiary alicyclic amines) is 1. The van der Waals surface area contributed by atoms with E-state index in [0.717, 1.165) is 25.6 Å². The van der Waals surface area contributed by atoms with E-state index in [9.17, 15) is 4.79 Å². The van der Waals surface area contributed by atoms with Gasteiger partial charge in [0.1, 0.15) is 19.3 Å². The van der Waals surface area contributed by atoms with E-state index in [1.54, 1.807) is 18.2 Å². The summed E-state index contributed by atoms with van der Waals surface area (Å²) in [6.07, 6.45) is 2.33. The Morgan fingerprint density at radius 2 is 1.96 bits per heavy atom. The zero-order valence-corrected chi connectivity index (χ0v) is 13.9. The maximum absolute atomic E-state index is 12.3. The highest BCUT2D eigenvalue weighted by Gasteiger charge is 2.21. The maximum Gasteiger partial charge on any atom is 0.338 e. The first-order chi connectivity index (χ1) is 11.1. The van der Waals surface area contributed by atoms with Crippen molar-refractivity contribution < 1.29 is 19.0 Å². The van der Waals surface area contributed by atoms with Crippen molar-refractivity contribution in [2.45, 2.75) is 32.8 Å². The Morgan fingerprint density at radius 3 is 2.70 bits per heavy atom. The third kappa shape index (κ3) is 4.16. The summed E-state index contributed by atoms with van der Waals surface area (Å²) >= 11 is 0. The van der Waals surface area contributed by atoms with Gasteiger partial charge in [0.25, 0.3) is 0 Å². The van der Waals surface area contributed by atoms with Crippen LogP contribution in [0.2, 0.25) is 0 Å². The third-order valence-electron chi connectivity index (χ3n) is 4.48. The molecule has 0 saturated carbocycles. The molecule has 0 unspecified atom stereocenters. The van der Waals surface area contributed by atoms with Gasteiger partial charge in [-0.15, -0.1) is 0 Å². The first-order valence-corrected chi connectivity index (χ1v) is 8.45. The van der Waals surface area contributed by atoms with E-state index in [-0.39, 0.29) is 12.1 Å². The lowest BCUT2D eigenvalue weighted by Gasteiger charge is -2.31. The molecule has 0 aliphatic carbocycles. The molecule has 1 aromatic carbocycles.